The second kappa shape index (κ2) is 8.18. The minimum absolute atomic E-state index is 0.0424. The first-order valence-electron chi connectivity index (χ1n) is 7.23. The Morgan fingerprint density at radius 3 is 3.14 bits per heavy atom. The number of aliphatic hydroxyl groups is 1. The number of aliphatic hydroxyl groups excluding tert-OH is 1. The fraction of sp³-hybridized carbons (Fsp3) is 0.562. The van der Waals surface area contributed by atoms with Crippen LogP contribution in [0.2, 0.25) is 0 Å². The second-order valence-corrected chi connectivity index (χ2v) is 6.29. The molecule has 1 unspecified atom stereocenters. The second-order valence-electron chi connectivity index (χ2n) is 5.21. The average Bonchev–Trinajstić information content (AvgIpc) is 2.96. The zero-order chi connectivity index (χ0) is 15.1. The number of nitrogens with zero attached hydrogens (tertiary/aromatic N) is 1. The Bertz CT molecular complexity index is 523. The lowest BCUT2D eigenvalue weighted by Crippen LogP contribution is -2.34. The van der Waals surface area contributed by atoms with Gasteiger partial charge in [-0.2, -0.15) is 0 Å². The number of amides is 1. The van der Waals surface area contributed by atoms with E-state index in [4.69, 9.17) is 9.84 Å². The molecule has 0 saturated carbocycles. The number of ether oxygens (including phenoxy) is 1. The Hall–Kier alpha value is -1.35. The molecule has 0 bridgehead atoms. The topological polar surface area (TPSA) is 49.8 Å². The van der Waals surface area contributed by atoms with Gasteiger partial charge in [0.2, 0.25) is 0 Å². The van der Waals surface area contributed by atoms with Crippen molar-refractivity contribution in [3.8, 4) is 11.8 Å². The lowest BCUT2D eigenvalue weighted by molar-refractivity contribution is 0.0390. The van der Waals surface area contributed by atoms with Gasteiger partial charge in [-0.25, -0.2) is 0 Å². The van der Waals surface area contributed by atoms with E-state index in [0.717, 1.165) is 37.5 Å². The molecule has 5 heteroatoms. The SMILES string of the molecule is CN(CC1CCCOC1)C(=O)c1ccc(C#CCCO)s1. The molecule has 0 aliphatic carbocycles. The highest BCUT2D eigenvalue weighted by Gasteiger charge is 2.20. The Labute approximate surface area is 129 Å². The molecule has 4 nitrogen and oxygen atoms in total. The Balaban J connectivity index is 1.91. The van der Waals surface area contributed by atoms with Gasteiger partial charge in [0.25, 0.3) is 5.91 Å². The molecule has 1 aliphatic heterocycles. The predicted octanol–water partition coefficient (Wildman–Crippen LogP) is 1.98. The normalized spacial score (nSPS) is 17.9. The Morgan fingerprint density at radius 1 is 1.57 bits per heavy atom. The quantitative estimate of drug-likeness (QED) is 0.865. The van der Waals surface area contributed by atoms with Gasteiger partial charge >= 0.3 is 0 Å². The van der Waals surface area contributed by atoms with E-state index < -0.39 is 0 Å². The fourth-order valence-electron chi connectivity index (χ4n) is 2.34. The zero-order valence-corrected chi connectivity index (χ0v) is 13.1. The molecule has 1 fully saturated rings. The van der Waals surface area contributed by atoms with E-state index in [1.807, 2.05) is 19.2 Å². The molecule has 1 saturated heterocycles. The highest BCUT2D eigenvalue weighted by molar-refractivity contribution is 7.14. The molecule has 0 spiro atoms. The van der Waals surface area contributed by atoms with Crippen LogP contribution in [0.1, 0.15) is 33.8 Å². The molecule has 1 atom stereocenters. The van der Waals surface area contributed by atoms with Crippen LogP contribution in [0.25, 0.3) is 0 Å². The van der Waals surface area contributed by atoms with Crippen LogP contribution in [0.5, 0.6) is 0 Å². The number of carbonyl (C=O) groups is 1. The van der Waals surface area contributed by atoms with Crippen molar-refractivity contribution in [1.82, 2.24) is 4.90 Å². The summed E-state index contributed by atoms with van der Waals surface area (Å²) in [5.74, 6) is 6.31. The lowest BCUT2D eigenvalue weighted by atomic mass is 10.0. The van der Waals surface area contributed by atoms with Gasteiger partial charge in [0.15, 0.2) is 0 Å². The van der Waals surface area contributed by atoms with Crippen LogP contribution < -0.4 is 0 Å². The summed E-state index contributed by atoms with van der Waals surface area (Å²) in [4.78, 5) is 15.7. The third kappa shape index (κ3) is 4.85. The maximum absolute atomic E-state index is 12.4. The average molecular weight is 307 g/mol. The van der Waals surface area contributed by atoms with E-state index in [-0.39, 0.29) is 12.5 Å². The molecule has 1 aliphatic rings. The summed E-state index contributed by atoms with van der Waals surface area (Å²) >= 11 is 1.40. The Morgan fingerprint density at radius 2 is 2.43 bits per heavy atom. The molecular weight excluding hydrogens is 286 g/mol. The van der Waals surface area contributed by atoms with Gasteiger partial charge in [0, 0.05) is 26.6 Å². The van der Waals surface area contributed by atoms with E-state index >= 15 is 0 Å². The number of carbonyl (C=O) groups excluding carboxylic acids is 1. The number of rotatable bonds is 4. The summed E-state index contributed by atoms with van der Waals surface area (Å²) < 4.78 is 5.45. The van der Waals surface area contributed by atoms with Crippen molar-refractivity contribution in [2.45, 2.75) is 19.3 Å². The first kappa shape index (κ1) is 16.0. The minimum Gasteiger partial charge on any atom is -0.395 e. The van der Waals surface area contributed by atoms with E-state index in [1.165, 1.54) is 11.3 Å². The van der Waals surface area contributed by atoms with Gasteiger partial charge in [0.05, 0.1) is 23.0 Å². The number of hydrogen-bond acceptors (Lipinski definition) is 4. The van der Waals surface area contributed by atoms with Gasteiger partial charge in [-0.3, -0.25) is 4.79 Å². The summed E-state index contributed by atoms with van der Waals surface area (Å²) in [7, 11) is 1.84. The fourth-order valence-corrected chi connectivity index (χ4v) is 3.21. The molecular formula is C16H21NO3S. The highest BCUT2D eigenvalue weighted by atomic mass is 32.1. The highest BCUT2D eigenvalue weighted by Crippen LogP contribution is 2.19. The van der Waals surface area contributed by atoms with Gasteiger partial charge < -0.3 is 14.7 Å². The van der Waals surface area contributed by atoms with Crippen LogP contribution >= 0.6 is 11.3 Å². The standard InChI is InChI=1S/C16H21NO3S/c1-17(11-13-5-4-10-20-12-13)16(19)15-8-7-14(21-15)6-2-3-9-18/h7-8,13,18H,3-5,9-12H2,1H3. The van der Waals surface area contributed by atoms with Crippen LogP contribution in [0.4, 0.5) is 0 Å². The van der Waals surface area contributed by atoms with Gasteiger partial charge in [0.1, 0.15) is 0 Å². The van der Waals surface area contributed by atoms with Crippen molar-refractivity contribution >= 4 is 17.2 Å². The van der Waals surface area contributed by atoms with Gasteiger partial charge in [-0.05, 0) is 30.9 Å². The van der Waals surface area contributed by atoms with Crippen molar-refractivity contribution in [2.75, 3.05) is 33.4 Å². The van der Waals surface area contributed by atoms with Crippen LogP contribution in [0.3, 0.4) is 0 Å². The molecule has 0 radical (unpaired) electrons. The molecule has 1 aromatic rings. The summed E-state index contributed by atoms with van der Waals surface area (Å²) in [5.41, 5.74) is 0. The first-order valence-corrected chi connectivity index (χ1v) is 8.05. The molecule has 2 rings (SSSR count). The van der Waals surface area contributed by atoms with Crippen molar-refractivity contribution in [2.24, 2.45) is 5.92 Å². The maximum atomic E-state index is 12.4. The summed E-state index contributed by atoms with van der Waals surface area (Å²) in [5, 5.41) is 8.70. The number of hydrogen-bond donors (Lipinski definition) is 1. The molecule has 114 valence electrons. The van der Waals surface area contributed by atoms with Crippen molar-refractivity contribution in [3.05, 3.63) is 21.9 Å². The summed E-state index contributed by atoms with van der Waals surface area (Å²) in [6.45, 7) is 2.40. The predicted molar refractivity (Wildman–Crippen MR) is 83.4 cm³/mol. The third-order valence-corrected chi connectivity index (χ3v) is 4.39. The van der Waals surface area contributed by atoms with Crippen molar-refractivity contribution < 1.29 is 14.6 Å². The monoisotopic (exact) mass is 307 g/mol. The van der Waals surface area contributed by atoms with Crippen LogP contribution in [0.15, 0.2) is 12.1 Å². The van der Waals surface area contributed by atoms with Crippen molar-refractivity contribution in [3.63, 3.8) is 0 Å². The molecule has 1 aromatic heterocycles. The van der Waals surface area contributed by atoms with E-state index in [9.17, 15) is 4.79 Å². The van der Waals surface area contributed by atoms with Gasteiger partial charge in [-0.1, -0.05) is 11.8 Å². The minimum atomic E-state index is 0.0424. The molecule has 0 aromatic carbocycles. The van der Waals surface area contributed by atoms with Crippen LogP contribution in [0, 0.1) is 17.8 Å². The first-order chi connectivity index (χ1) is 10.2. The number of thiophene rings is 1. The zero-order valence-electron chi connectivity index (χ0n) is 12.3. The summed E-state index contributed by atoms with van der Waals surface area (Å²) in [6.07, 6.45) is 2.67. The Kier molecular flexibility index (Phi) is 6.24. The van der Waals surface area contributed by atoms with Crippen LogP contribution in [-0.2, 0) is 4.74 Å². The smallest absolute Gasteiger partial charge is 0.263 e. The van der Waals surface area contributed by atoms with Crippen LogP contribution in [-0.4, -0.2) is 49.3 Å². The van der Waals surface area contributed by atoms with Gasteiger partial charge in [-0.15, -0.1) is 11.3 Å². The summed E-state index contributed by atoms with van der Waals surface area (Å²) in [6, 6.07) is 3.68. The largest absolute Gasteiger partial charge is 0.395 e. The lowest BCUT2D eigenvalue weighted by Gasteiger charge is -2.26. The van der Waals surface area contributed by atoms with E-state index in [2.05, 4.69) is 11.8 Å². The third-order valence-electron chi connectivity index (χ3n) is 3.40. The molecule has 2 heterocycles. The van der Waals surface area contributed by atoms with E-state index in [0.29, 0.717) is 17.2 Å². The molecule has 1 amide bonds. The molecule has 21 heavy (non-hydrogen) atoms. The maximum Gasteiger partial charge on any atom is 0.263 e. The van der Waals surface area contributed by atoms with Crippen molar-refractivity contribution in [1.29, 1.82) is 0 Å². The molecule has 1 N–H and O–H groups in total. The van der Waals surface area contributed by atoms with E-state index in [1.54, 1.807) is 4.90 Å².